The number of nitrogens with zero attached hydrogens (tertiary/aromatic N) is 5. The van der Waals surface area contributed by atoms with Crippen LogP contribution in [0.5, 0.6) is 0 Å². The third kappa shape index (κ3) is 10.6. The zero-order chi connectivity index (χ0) is 50.3. The molecule has 2 aliphatic carbocycles. The maximum Gasteiger partial charge on any atom is 0.416 e. The van der Waals surface area contributed by atoms with E-state index in [4.69, 9.17) is 38.0 Å². The van der Waals surface area contributed by atoms with Crippen molar-refractivity contribution in [1.82, 2.24) is 5.32 Å². The monoisotopic (exact) mass is 1010 g/mol. The summed E-state index contributed by atoms with van der Waals surface area (Å²) in [4.78, 5) is 29.8. The number of amides is 1. The average molecular weight is 1010 g/mol. The van der Waals surface area contributed by atoms with Crippen LogP contribution in [0.4, 0.5) is 55.3 Å². The third-order valence-electron chi connectivity index (χ3n) is 13.5. The van der Waals surface area contributed by atoms with Gasteiger partial charge in [-0.1, -0.05) is 5.11 Å². The van der Waals surface area contributed by atoms with Crippen molar-refractivity contribution in [1.29, 1.82) is 0 Å². The molecule has 2 aromatic carbocycles. The van der Waals surface area contributed by atoms with Crippen LogP contribution in [-0.4, -0.2) is 108 Å². The van der Waals surface area contributed by atoms with Gasteiger partial charge in [0.25, 0.3) is 17.8 Å². The number of hydrogen-bond acceptors (Lipinski definition) is 12. The maximum atomic E-state index is 15.7. The Morgan fingerprint density at radius 3 is 1.83 bits per heavy atom. The molecule has 0 bridgehead atoms. The Morgan fingerprint density at radius 1 is 0.800 bits per heavy atom. The molecule has 2 saturated carbocycles. The molecule has 9 rings (SSSR count). The normalized spacial score (nSPS) is 20.8. The first-order valence-corrected chi connectivity index (χ1v) is 22.5. The van der Waals surface area contributed by atoms with Crippen molar-refractivity contribution in [2.75, 3.05) is 82.6 Å². The van der Waals surface area contributed by atoms with E-state index in [9.17, 15) is 35.9 Å². The number of benzene rings is 2. The van der Waals surface area contributed by atoms with E-state index in [1.807, 2.05) is 0 Å². The second-order valence-corrected chi connectivity index (χ2v) is 17.8. The predicted molar refractivity (Wildman–Crippen MR) is 228 cm³/mol. The van der Waals surface area contributed by atoms with Crippen molar-refractivity contribution in [3.05, 3.63) is 69.5 Å². The molecule has 5 aliphatic rings. The first kappa shape index (κ1) is 50.9. The minimum atomic E-state index is -4.73. The van der Waals surface area contributed by atoms with Crippen LogP contribution < -0.4 is 15.1 Å². The fourth-order valence-corrected chi connectivity index (χ4v) is 9.97. The van der Waals surface area contributed by atoms with E-state index in [1.54, 1.807) is 0 Å². The lowest BCUT2D eigenvalue weighted by molar-refractivity contribution is -0.197. The SMILES string of the molecule is COC(=O)c1oc2ccc(C(F)(F)F)cc2c1N(CCN=[N+]=[N-])CC(F)(F)C1CCC2(CC1)OCCO2.O=C1NCCN(CC(F)(F)C2CCC3(CC2)OCCO3)c2c1oc1ccc(C(F)(F)F)cc21. The lowest BCUT2D eigenvalue weighted by Gasteiger charge is -2.40. The fraction of sp³-hybridized carbons (Fsp3) is 0.600. The van der Waals surface area contributed by atoms with Crippen molar-refractivity contribution < 1.29 is 86.0 Å². The molecule has 0 atom stereocenters. The fourth-order valence-electron chi connectivity index (χ4n) is 9.97. The summed E-state index contributed by atoms with van der Waals surface area (Å²) >= 11 is 0. The van der Waals surface area contributed by atoms with Crippen LogP contribution in [0.25, 0.3) is 32.4 Å². The maximum absolute atomic E-state index is 15.7. The summed E-state index contributed by atoms with van der Waals surface area (Å²) in [6.07, 6.45) is -7.45. The van der Waals surface area contributed by atoms with Gasteiger partial charge in [-0.2, -0.15) is 26.3 Å². The Balaban J connectivity index is 0.000000189. The molecule has 4 aromatic rings. The number of rotatable bonds is 11. The van der Waals surface area contributed by atoms with Crippen molar-refractivity contribution in [2.45, 2.75) is 87.1 Å². The Kier molecular flexibility index (Phi) is 14.3. The van der Waals surface area contributed by atoms with Gasteiger partial charge >= 0.3 is 18.3 Å². The van der Waals surface area contributed by atoms with Gasteiger partial charge in [-0.15, -0.1) is 0 Å². The lowest BCUT2D eigenvalue weighted by atomic mass is 9.81. The van der Waals surface area contributed by atoms with E-state index in [2.05, 4.69) is 15.3 Å². The summed E-state index contributed by atoms with van der Waals surface area (Å²) in [5.41, 5.74) is 6.30. The number of esters is 1. The quantitative estimate of drug-likeness (QED) is 0.0498. The van der Waals surface area contributed by atoms with Gasteiger partial charge in [0.2, 0.25) is 11.5 Å². The summed E-state index contributed by atoms with van der Waals surface area (Å²) in [5, 5.41) is 5.73. The van der Waals surface area contributed by atoms with Gasteiger partial charge in [0.15, 0.2) is 11.6 Å². The number of furan rings is 2. The molecule has 1 amide bonds. The van der Waals surface area contributed by atoms with E-state index < -0.39 is 89.5 Å². The van der Waals surface area contributed by atoms with E-state index in [0.717, 1.165) is 48.4 Å². The standard InChI is InChI=1S/C23H25F5N4O5.C22H23F5N2O4/c1-34-20(33)19-18(16-12-15(23(26,27)28)2-3-17(16)37-19)32(9-8-30-31-29)13-22(24,25)14-4-6-21(7-5-14)35-10-11-36-21;23-21(24,13-3-5-20(6-4-13)31-9-10-32-20)12-29-8-7-28-19(30)18-17(29)15-11-14(22(25,26)27)1-2-16(15)33-18/h2-3,12,14H,4-11,13H2,1H3;1-2,11,13H,3-10,12H2,(H,28,30). The second-order valence-electron chi connectivity index (χ2n) is 17.8. The molecule has 25 heteroatoms. The highest BCUT2D eigenvalue weighted by molar-refractivity contribution is 6.07. The van der Waals surface area contributed by atoms with E-state index in [-0.39, 0.29) is 104 Å². The molecule has 3 aliphatic heterocycles. The van der Waals surface area contributed by atoms with E-state index in [0.29, 0.717) is 39.3 Å². The topological polar surface area (TPSA) is 174 Å². The smallest absolute Gasteiger partial charge is 0.416 e. The number of nitrogens with one attached hydrogen (secondary N) is 1. The number of fused-ring (bicyclic) bond motifs is 4. The van der Waals surface area contributed by atoms with Crippen LogP contribution in [-0.2, 0) is 36.0 Å². The van der Waals surface area contributed by atoms with Crippen LogP contribution in [0.1, 0.15) is 83.6 Å². The van der Waals surface area contributed by atoms with Crippen molar-refractivity contribution >= 4 is 45.2 Å². The number of methoxy groups -OCH3 is 1. The van der Waals surface area contributed by atoms with E-state index in [1.165, 1.54) is 4.90 Å². The molecule has 0 radical (unpaired) electrons. The van der Waals surface area contributed by atoms with Crippen molar-refractivity contribution in [2.24, 2.45) is 17.0 Å². The van der Waals surface area contributed by atoms with Crippen molar-refractivity contribution in [3.63, 3.8) is 0 Å². The molecule has 1 N–H and O–H groups in total. The number of anilines is 2. The van der Waals surface area contributed by atoms with Gasteiger partial charge in [0.1, 0.15) is 11.2 Å². The van der Waals surface area contributed by atoms with Gasteiger partial charge in [-0.05, 0) is 67.6 Å². The Morgan fingerprint density at radius 2 is 1.31 bits per heavy atom. The Bertz CT molecular complexity index is 2580. The van der Waals surface area contributed by atoms with Gasteiger partial charge in [0, 0.05) is 79.4 Å². The Hall–Kier alpha value is -5.49. The first-order valence-electron chi connectivity index (χ1n) is 22.5. The van der Waals surface area contributed by atoms with Crippen LogP contribution >= 0.6 is 0 Å². The molecule has 2 saturated heterocycles. The molecule has 15 nitrogen and oxygen atoms in total. The van der Waals surface area contributed by atoms with Gasteiger partial charge < -0.3 is 47.6 Å². The Labute approximate surface area is 392 Å². The predicted octanol–water partition coefficient (Wildman–Crippen LogP) is 10.5. The summed E-state index contributed by atoms with van der Waals surface area (Å²) in [7, 11) is 1.03. The van der Waals surface area contributed by atoms with Gasteiger partial charge in [-0.25, -0.2) is 22.4 Å². The highest BCUT2D eigenvalue weighted by Crippen LogP contribution is 2.48. The minimum absolute atomic E-state index is 0.0111. The zero-order valence-electron chi connectivity index (χ0n) is 37.5. The highest BCUT2D eigenvalue weighted by atomic mass is 19.4. The number of carbonyl (C=O) groups is 2. The molecule has 70 heavy (non-hydrogen) atoms. The molecule has 4 fully saturated rings. The summed E-state index contributed by atoms with van der Waals surface area (Å²) < 4.78 is 180. The molecule has 0 unspecified atom stereocenters. The lowest BCUT2D eigenvalue weighted by Crippen LogP contribution is -2.47. The zero-order valence-corrected chi connectivity index (χ0v) is 37.5. The highest BCUT2D eigenvalue weighted by Gasteiger charge is 2.51. The summed E-state index contributed by atoms with van der Waals surface area (Å²) in [5.74, 6) is -12.6. The van der Waals surface area contributed by atoms with Crippen molar-refractivity contribution in [3.8, 4) is 0 Å². The molecule has 5 heterocycles. The summed E-state index contributed by atoms with van der Waals surface area (Å²) in [6, 6.07) is 5.31. The number of hydrogen-bond donors (Lipinski definition) is 1. The average Bonchev–Trinajstić information content (AvgIpc) is 4.12. The molecular formula is C45H48F10N6O9. The largest absolute Gasteiger partial charge is 0.463 e. The molecular weight excluding hydrogens is 959 g/mol. The van der Waals surface area contributed by atoms with E-state index >= 15 is 17.6 Å². The van der Waals surface area contributed by atoms with Gasteiger partial charge in [-0.3, -0.25) is 4.79 Å². The number of ether oxygens (including phenoxy) is 5. The van der Waals surface area contributed by atoms with Crippen LogP contribution in [0.3, 0.4) is 0 Å². The second kappa shape index (κ2) is 19.6. The molecule has 382 valence electrons. The number of halogens is 10. The third-order valence-corrected chi connectivity index (χ3v) is 13.5. The van der Waals surface area contributed by atoms with Crippen LogP contribution in [0.15, 0.2) is 50.3 Å². The van der Waals surface area contributed by atoms with Crippen LogP contribution in [0.2, 0.25) is 0 Å². The number of carbonyl (C=O) groups excluding carboxylic acids is 2. The molecule has 2 spiro atoms. The van der Waals surface area contributed by atoms with Crippen LogP contribution in [0, 0.1) is 11.8 Å². The first-order chi connectivity index (χ1) is 33.1. The van der Waals surface area contributed by atoms with Gasteiger partial charge in [0.05, 0.1) is 69.1 Å². The number of alkyl halides is 10. The molecule has 2 aromatic heterocycles. The minimum Gasteiger partial charge on any atom is -0.463 e. The number of azide groups is 1. The summed E-state index contributed by atoms with van der Waals surface area (Å²) in [6.45, 7) is -0.501.